The summed E-state index contributed by atoms with van der Waals surface area (Å²) < 4.78 is 55.7. The molecule has 1 N–H and O–H groups in total. The minimum Gasteiger partial charge on any atom is -0.475 e. The Morgan fingerprint density at radius 3 is 2.62 bits per heavy atom. The summed E-state index contributed by atoms with van der Waals surface area (Å²) in [6, 6.07) is 6.25. The maximum Gasteiger partial charge on any atom is 0.451 e. The van der Waals surface area contributed by atoms with Gasteiger partial charge in [-0.25, -0.2) is 15.0 Å². The molecule has 1 aromatic carbocycles. The molecule has 13 heteroatoms. The molecule has 9 nitrogen and oxygen atoms in total. The molecule has 0 radical (unpaired) electrons. The quantitative estimate of drug-likeness (QED) is 0.437. The summed E-state index contributed by atoms with van der Waals surface area (Å²) in [5.41, 5.74) is 1.23. The number of hydrogen-bond acceptors (Lipinski definition) is 8. The molecule has 0 bridgehead atoms. The van der Waals surface area contributed by atoms with E-state index in [9.17, 15) is 18.0 Å². The van der Waals surface area contributed by atoms with Crippen molar-refractivity contribution in [2.75, 3.05) is 46.1 Å². The number of morpholine rings is 1. The Kier molecular flexibility index (Phi) is 8.46. The topological polar surface area (TPSA) is 98.7 Å². The van der Waals surface area contributed by atoms with Crippen molar-refractivity contribution in [3.8, 4) is 5.88 Å². The summed E-state index contributed by atoms with van der Waals surface area (Å²) in [4.78, 5) is 26.9. The summed E-state index contributed by atoms with van der Waals surface area (Å²) in [5.74, 6) is -1.24. The van der Waals surface area contributed by atoms with Crippen LogP contribution in [0.2, 0.25) is 5.02 Å². The zero-order chi connectivity index (χ0) is 27.4. The van der Waals surface area contributed by atoms with E-state index < -0.39 is 23.9 Å². The number of alkyl halides is 3. The number of hydrogen-bond donors (Lipinski definition) is 1. The number of ether oxygens (including phenoxy) is 3. The van der Waals surface area contributed by atoms with Gasteiger partial charge in [0, 0.05) is 55.7 Å². The second kappa shape index (κ2) is 12.0. The van der Waals surface area contributed by atoms with Crippen LogP contribution >= 0.6 is 11.6 Å². The number of pyridine rings is 1. The molecule has 208 valence electrons. The molecule has 39 heavy (non-hydrogen) atoms. The first-order valence-electron chi connectivity index (χ1n) is 12.6. The number of amides is 1. The Bertz CT molecular complexity index is 1300. The van der Waals surface area contributed by atoms with Crippen LogP contribution in [0.4, 0.5) is 13.2 Å². The molecule has 2 atom stereocenters. The lowest BCUT2D eigenvalue weighted by molar-refractivity contribution is -0.145. The zero-order valence-electron chi connectivity index (χ0n) is 20.9. The summed E-state index contributed by atoms with van der Waals surface area (Å²) in [6.45, 7) is 3.22. The number of carbonyl (C=O) groups is 1. The number of carbonyl (C=O) groups excluding carboxylic acids is 1. The van der Waals surface area contributed by atoms with Crippen LogP contribution in [0.15, 0.2) is 36.7 Å². The molecule has 2 unspecified atom stereocenters. The number of halogens is 4. The number of rotatable bonds is 8. The largest absolute Gasteiger partial charge is 0.475 e. The van der Waals surface area contributed by atoms with Crippen molar-refractivity contribution in [3.63, 3.8) is 0 Å². The first-order valence-corrected chi connectivity index (χ1v) is 13.0. The molecule has 3 aromatic rings. The van der Waals surface area contributed by atoms with Gasteiger partial charge in [0.05, 0.1) is 41.5 Å². The van der Waals surface area contributed by atoms with Crippen molar-refractivity contribution in [1.82, 2.24) is 25.2 Å². The van der Waals surface area contributed by atoms with Crippen molar-refractivity contribution in [3.05, 3.63) is 58.6 Å². The van der Waals surface area contributed by atoms with E-state index in [-0.39, 0.29) is 23.2 Å². The number of fused-ring (bicyclic) bond motifs is 1. The highest BCUT2D eigenvalue weighted by molar-refractivity contribution is 6.35. The molecule has 2 saturated heterocycles. The minimum absolute atomic E-state index is 0.0449. The van der Waals surface area contributed by atoms with Crippen molar-refractivity contribution >= 4 is 28.4 Å². The van der Waals surface area contributed by atoms with Crippen molar-refractivity contribution in [1.29, 1.82) is 0 Å². The third-order valence-corrected chi connectivity index (χ3v) is 7.03. The average Bonchev–Trinajstić information content (AvgIpc) is 3.46. The van der Waals surface area contributed by atoms with Crippen LogP contribution in [0.25, 0.3) is 10.9 Å². The summed E-state index contributed by atoms with van der Waals surface area (Å²) in [6.07, 6.45) is -0.352. The first kappa shape index (κ1) is 27.5. The van der Waals surface area contributed by atoms with E-state index in [1.165, 1.54) is 0 Å². The van der Waals surface area contributed by atoms with Gasteiger partial charge in [-0.15, -0.1) is 0 Å². The lowest BCUT2D eigenvalue weighted by Gasteiger charge is -2.34. The van der Waals surface area contributed by atoms with Gasteiger partial charge < -0.3 is 19.5 Å². The van der Waals surface area contributed by atoms with Crippen LogP contribution in [-0.2, 0) is 15.7 Å². The van der Waals surface area contributed by atoms with Gasteiger partial charge in [-0.05, 0) is 31.0 Å². The second-order valence-corrected chi connectivity index (χ2v) is 9.70. The molecule has 0 saturated carbocycles. The van der Waals surface area contributed by atoms with Crippen molar-refractivity contribution in [2.24, 2.45) is 0 Å². The Balaban J connectivity index is 1.33. The molecule has 2 fully saturated rings. The lowest BCUT2D eigenvalue weighted by atomic mass is 10.1. The molecule has 0 aliphatic carbocycles. The van der Waals surface area contributed by atoms with Crippen LogP contribution < -0.4 is 10.1 Å². The van der Waals surface area contributed by atoms with Gasteiger partial charge in [-0.2, -0.15) is 13.2 Å². The first-order chi connectivity index (χ1) is 18.8. The fourth-order valence-corrected chi connectivity index (χ4v) is 4.96. The molecule has 5 rings (SSSR count). The van der Waals surface area contributed by atoms with Gasteiger partial charge in [-0.3, -0.25) is 9.69 Å². The number of aromatic nitrogens is 3. The predicted molar refractivity (Wildman–Crippen MR) is 136 cm³/mol. The fourth-order valence-electron chi connectivity index (χ4n) is 4.71. The van der Waals surface area contributed by atoms with Crippen LogP contribution in [0.3, 0.4) is 0 Å². The Morgan fingerprint density at radius 2 is 1.92 bits per heavy atom. The molecule has 2 aromatic heterocycles. The number of nitrogens with one attached hydrogen (secondary N) is 1. The minimum atomic E-state index is -4.64. The maximum atomic E-state index is 13.4. The summed E-state index contributed by atoms with van der Waals surface area (Å²) in [7, 11) is 0. The highest BCUT2D eigenvalue weighted by Gasteiger charge is 2.35. The normalized spacial score (nSPS) is 19.2. The van der Waals surface area contributed by atoms with Crippen LogP contribution in [0, 0.1) is 0 Å². The Morgan fingerprint density at radius 1 is 1.15 bits per heavy atom. The molecule has 2 aliphatic rings. The standard InChI is InChI=1S/C26H27ClF3N5O4/c27-19-4-5-20-18(3-6-22(34-20)39-15-17-2-1-9-38-17)23(19)24(36)31-14-21(35-7-10-37-11-8-35)16-12-32-25(33-13-16)26(28,29)30/h3-6,12-13,17,21H,1-2,7-11,14-15H2,(H,31,36). The zero-order valence-corrected chi connectivity index (χ0v) is 21.7. The third-order valence-electron chi connectivity index (χ3n) is 6.72. The highest BCUT2D eigenvalue weighted by atomic mass is 35.5. The van der Waals surface area contributed by atoms with Crippen LogP contribution in [-0.4, -0.2) is 77.9 Å². The molecule has 0 spiro atoms. The van der Waals surface area contributed by atoms with Gasteiger partial charge in [-0.1, -0.05) is 11.6 Å². The molecule has 4 heterocycles. The molecule has 2 aliphatic heterocycles. The van der Waals surface area contributed by atoms with E-state index in [0.717, 1.165) is 31.8 Å². The van der Waals surface area contributed by atoms with E-state index in [2.05, 4.69) is 20.3 Å². The molecule has 1 amide bonds. The van der Waals surface area contributed by atoms with E-state index in [0.29, 0.717) is 55.3 Å². The summed E-state index contributed by atoms with van der Waals surface area (Å²) in [5, 5.41) is 3.68. The van der Waals surface area contributed by atoms with E-state index >= 15 is 0 Å². The Labute approximate surface area is 227 Å². The molecular formula is C26H27ClF3N5O4. The van der Waals surface area contributed by atoms with Crippen LogP contribution in [0.5, 0.6) is 5.88 Å². The van der Waals surface area contributed by atoms with Crippen molar-refractivity contribution in [2.45, 2.75) is 31.2 Å². The van der Waals surface area contributed by atoms with Gasteiger partial charge in [0.15, 0.2) is 0 Å². The van der Waals surface area contributed by atoms with E-state index in [4.69, 9.17) is 25.8 Å². The van der Waals surface area contributed by atoms with Gasteiger partial charge in [0.2, 0.25) is 11.7 Å². The van der Waals surface area contributed by atoms with Crippen LogP contribution in [0.1, 0.15) is 40.6 Å². The maximum absolute atomic E-state index is 13.4. The lowest BCUT2D eigenvalue weighted by Crippen LogP contribution is -2.44. The molecular weight excluding hydrogens is 539 g/mol. The fraction of sp³-hybridized carbons (Fsp3) is 0.462. The van der Waals surface area contributed by atoms with E-state index in [1.54, 1.807) is 24.3 Å². The second-order valence-electron chi connectivity index (χ2n) is 9.30. The predicted octanol–water partition coefficient (Wildman–Crippen LogP) is 4.06. The van der Waals surface area contributed by atoms with Gasteiger partial charge >= 0.3 is 6.18 Å². The van der Waals surface area contributed by atoms with Gasteiger partial charge in [0.1, 0.15) is 6.61 Å². The monoisotopic (exact) mass is 565 g/mol. The third kappa shape index (κ3) is 6.57. The highest BCUT2D eigenvalue weighted by Crippen LogP contribution is 2.29. The van der Waals surface area contributed by atoms with Crippen molar-refractivity contribution < 1.29 is 32.2 Å². The Hall–Kier alpha value is -3.06. The van der Waals surface area contributed by atoms with Gasteiger partial charge in [0.25, 0.3) is 5.91 Å². The van der Waals surface area contributed by atoms with E-state index in [1.807, 2.05) is 4.90 Å². The number of nitrogens with zero attached hydrogens (tertiary/aromatic N) is 4. The smallest absolute Gasteiger partial charge is 0.451 e. The summed E-state index contributed by atoms with van der Waals surface area (Å²) >= 11 is 6.44. The number of benzene rings is 1. The average molecular weight is 566 g/mol. The SMILES string of the molecule is O=C(NCC(c1cnc(C(F)(F)F)nc1)N1CCOCC1)c1c(Cl)ccc2nc(OCC3CCCO3)ccc12.